The number of carbonyl (C=O) groups is 2. The van der Waals surface area contributed by atoms with Gasteiger partial charge in [0.15, 0.2) is 5.78 Å². The predicted molar refractivity (Wildman–Crippen MR) is 136 cm³/mol. The molecule has 3 fully saturated rings. The molecule has 3 heteroatoms. The summed E-state index contributed by atoms with van der Waals surface area (Å²) in [6.45, 7) is 18.7. The molecule has 0 heterocycles. The summed E-state index contributed by atoms with van der Waals surface area (Å²) >= 11 is 0. The Morgan fingerprint density at radius 1 is 0.824 bits per heavy atom. The molecule has 0 N–H and O–H groups in total. The van der Waals surface area contributed by atoms with Gasteiger partial charge in [-0.1, -0.05) is 54.0 Å². The van der Waals surface area contributed by atoms with Crippen LogP contribution in [0.2, 0.25) is 0 Å². The summed E-state index contributed by atoms with van der Waals surface area (Å²) in [5, 5.41) is 0. The lowest BCUT2D eigenvalue weighted by molar-refractivity contribution is -0.228. The maximum Gasteiger partial charge on any atom is 0.302 e. The molecule has 0 saturated heterocycles. The highest BCUT2D eigenvalue weighted by molar-refractivity contribution is 5.98. The number of fused-ring (bicyclic) bond motifs is 6. The summed E-state index contributed by atoms with van der Waals surface area (Å²) in [5.74, 6) is 2.09. The van der Waals surface area contributed by atoms with Crippen LogP contribution in [0.15, 0.2) is 11.1 Å². The van der Waals surface area contributed by atoms with Gasteiger partial charge in [0, 0.05) is 18.8 Å². The first kappa shape index (κ1) is 24.6. The zero-order chi connectivity index (χ0) is 24.9. The Morgan fingerprint density at radius 3 is 2.21 bits per heavy atom. The smallest absolute Gasteiger partial charge is 0.302 e. The minimum atomic E-state index is -0.143. The van der Waals surface area contributed by atoms with Crippen molar-refractivity contribution in [1.82, 2.24) is 0 Å². The van der Waals surface area contributed by atoms with Crippen LogP contribution < -0.4 is 0 Å². The van der Waals surface area contributed by atoms with Gasteiger partial charge in [-0.15, -0.1) is 0 Å². The third kappa shape index (κ3) is 3.20. The zero-order valence-corrected chi connectivity index (χ0v) is 23.1. The average molecular weight is 469 g/mol. The number of ketones is 1. The second-order valence-electron chi connectivity index (χ2n) is 15.0. The lowest BCUT2D eigenvalue weighted by Crippen LogP contribution is -2.65. The second kappa shape index (κ2) is 7.45. The summed E-state index contributed by atoms with van der Waals surface area (Å²) in [5.41, 5.74) is 3.57. The molecule has 5 rings (SSSR count). The number of allylic oxidation sites excluding steroid dienone is 2. The SMILES string of the molecule is CC(=O)O[C@H]1CC[C@]2(C)[C@H]3CC[C@H]4C5=C(CCC(C)(C)C5)C(=O)C[C@@]4(C)[C@]3(C)CC[C@H]2C1(C)C. The number of rotatable bonds is 1. The van der Waals surface area contributed by atoms with E-state index in [0.29, 0.717) is 29.0 Å². The van der Waals surface area contributed by atoms with E-state index in [-0.39, 0.29) is 33.7 Å². The van der Waals surface area contributed by atoms with Gasteiger partial charge in [0.2, 0.25) is 0 Å². The highest BCUT2D eigenvalue weighted by atomic mass is 16.5. The van der Waals surface area contributed by atoms with E-state index in [1.807, 2.05) is 0 Å². The lowest BCUT2D eigenvalue weighted by atomic mass is 9.33. The van der Waals surface area contributed by atoms with E-state index in [0.717, 1.165) is 38.5 Å². The van der Waals surface area contributed by atoms with E-state index < -0.39 is 0 Å². The number of hydrogen-bond acceptors (Lipinski definition) is 3. The molecule has 0 aromatic rings. The Bertz CT molecular complexity index is 940. The van der Waals surface area contributed by atoms with Gasteiger partial charge < -0.3 is 4.74 Å². The Labute approximate surface area is 207 Å². The topological polar surface area (TPSA) is 43.4 Å². The first-order valence-corrected chi connectivity index (χ1v) is 14.1. The van der Waals surface area contributed by atoms with Gasteiger partial charge in [-0.2, -0.15) is 0 Å². The highest BCUT2D eigenvalue weighted by Crippen LogP contribution is 2.74. The predicted octanol–water partition coefficient (Wildman–Crippen LogP) is 7.67. The van der Waals surface area contributed by atoms with Crippen LogP contribution in [0, 0.1) is 44.8 Å². The van der Waals surface area contributed by atoms with Crippen molar-refractivity contribution in [1.29, 1.82) is 0 Å². The van der Waals surface area contributed by atoms with Crippen LogP contribution in [0.1, 0.15) is 120 Å². The molecule has 5 aliphatic carbocycles. The summed E-state index contributed by atoms with van der Waals surface area (Å²) in [6.07, 6.45) is 11.0. The largest absolute Gasteiger partial charge is 0.462 e. The van der Waals surface area contributed by atoms with E-state index >= 15 is 0 Å². The molecule has 0 aliphatic heterocycles. The molecule has 3 nitrogen and oxygen atoms in total. The maximum absolute atomic E-state index is 13.6. The molecule has 0 unspecified atom stereocenters. The standard InChI is InChI=1S/C31H48O3/c1-19(32)34-26-13-15-29(6)24(28(26,4)5)12-16-30(7)25(29)10-9-22-21-17-27(2,3)14-11-20(21)23(33)18-31(22,30)8/h22,24-26H,9-18H2,1-8H3/t22-,24-,25+,26-,29-,30+,31+/m0/s1. The molecular formula is C31H48O3. The van der Waals surface area contributed by atoms with Crippen LogP contribution in [0.5, 0.6) is 0 Å². The number of esters is 1. The quantitative estimate of drug-likeness (QED) is 0.371. The summed E-state index contributed by atoms with van der Waals surface area (Å²) in [7, 11) is 0. The number of Topliss-reactive ketones (excluding diaryl/α,β-unsaturated/α-hetero) is 1. The number of carbonyl (C=O) groups excluding carboxylic acids is 2. The van der Waals surface area contributed by atoms with Gasteiger partial charge >= 0.3 is 5.97 Å². The fourth-order valence-corrected chi connectivity index (χ4v) is 10.6. The summed E-state index contributed by atoms with van der Waals surface area (Å²) < 4.78 is 5.87. The number of hydrogen-bond donors (Lipinski definition) is 0. The Morgan fingerprint density at radius 2 is 1.53 bits per heavy atom. The molecule has 0 amide bonds. The minimum Gasteiger partial charge on any atom is -0.462 e. The molecule has 7 atom stereocenters. The fraction of sp³-hybridized carbons (Fsp3) is 0.871. The molecule has 0 aromatic heterocycles. The molecule has 190 valence electrons. The number of ether oxygens (including phenoxy) is 1. The van der Waals surface area contributed by atoms with Crippen LogP contribution in [0.3, 0.4) is 0 Å². The monoisotopic (exact) mass is 468 g/mol. The van der Waals surface area contributed by atoms with Gasteiger partial charge in [0.05, 0.1) is 0 Å². The summed E-state index contributed by atoms with van der Waals surface area (Å²) in [4.78, 5) is 25.5. The van der Waals surface area contributed by atoms with Crippen LogP contribution >= 0.6 is 0 Å². The summed E-state index contributed by atoms with van der Waals surface area (Å²) in [6, 6.07) is 0. The Kier molecular flexibility index (Phi) is 5.38. The van der Waals surface area contributed by atoms with E-state index in [1.165, 1.54) is 31.3 Å². The third-order valence-corrected chi connectivity index (χ3v) is 12.5. The molecule has 5 aliphatic rings. The van der Waals surface area contributed by atoms with Gasteiger partial charge in [-0.25, -0.2) is 0 Å². The molecule has 34 heavy (non-hydrogen) atoms. The van der Waals surface area contributed by atoms with E-state index in [4.69, 9.17) is 4.74 Å². The third-order valence-electron chi connectivity index (χ3n) is 12.5. The van der Waals surface area contributed by atoms with Crippen molar-refractivity contribution in [3.8, 4) is 0 Å². The molecule has 0 aromatic carbocycles. The van der Waals surface area contributed by atoms with Gasteiger partial charge in [0.1, 0.15) is 6.10 Å². The highest BCUT2D eigenvalue weighted by Gasteiger charge is 2.68. The van der Waals surface area contributed by atoms with E-state index in [9.17, 15) is 9.59 Å². The lowest BCUT2D eigenvalue weighted by Gasteiger charge is -2.71. The van der Waals surface area contributed by atoms with Gasteiger partial charge in [-0.3, -0.25) is 9.59 Å². The maximum atomic E-state index is 13.6. The molecular weight excluding hydrogens is 420 g/mol. The minimum absolute atomic E-state index is 0.0107. The van der Waals surface area contributed by atoms with E-state index in [2.05, 4.69) is 48.5 Å². The average Bonchev–Trinajstić information content (AvgIpc) is 2.70. The van der Waals surface area contributed by atoms with Gasteiger partial charge in [0.25, 0.3) is 0 Å². The fourth-order valence-electron chi connectivity index (χ4n) is 10.6. The van der Waals surface area contributed by atoms with Crippen LogP contribution in [0.25, 0.3) is 0 Å². The molecule has 0 bridgehead atoms. The Balaban J connectivity index is 1.52. The normalized spacial score (nSPS) is 47.1. The van der Waals surface area contributed by atoms with Crippen molar-refractivity contribution >= 4 is 11.8 Å². The van der Waals surface area contributed by atoms with Crippen LogP contribution in [0.4, 0.5) is 0 Å². The Hall–Kier alpha value is -1.12. The van der Waals surface area contributed by atoms with Gasteiger partial charge in [-0.05, 0) is 103 Å². The van der Waals surface area contributed by atoms with Crippen molar-refractivity contribution in [3.63, 3.8) is 0 Å². The van der Waals surface area contributed by atoms with Crippen molar-refractivity contribution in [2.45, 2.75) is 126 Å². The molecule has 0 spiro atoms. The molecule has 0 radical (unpaired) electrons. The molecule has 3 saturated carbocycles. The van der Waals surface area contributed by atoms with Crippen molar-refractivity contribution in [2.24, 2.45) is 44.8 Å². The zero-order valence-electron chi connectivity index (χ0n) is 23.1. The van der Waals surface area contributed by atoms with Crippen LogP contribution in [-0.2, 0) is 14.3 Å². The van der Waals surface area contributed by atoms with Crippen molar-refractivity contribution in [2.75, 3.05) is 0 Å². The van der Waals surface area contributed by atoms with Crippen LogP contribution in [-0.4, -0.2) is 17.9 Å². The second-order valence-corrected chi connectivity index (χ2v) is 15.0. The van der Waals surface area contributed by atoms with Crippen molar-refractivity contribution in [3.05, 3.63) is 11.1 Å². The van der Waals surface area contributed by atoms with Crippen molar-refractivity contribution < 1.29 is 14.3 Å². The van der Waals surface area contributed by atoms with E-state index in [1.54, 1.807) is 12.5 Å². The first-order chi connectivity index (χ1) is 15.7. The first-order valence-electron chi connectivity index (χ1n) is 14.1.